The van der Waals surface area contributed by atoms with Crippen LogP contribution < -0.4 is 15.4 Å². The van der Waals surface area contributed by atoms with Crippen molar-refractivity contribution in [2.24, 2.45) is 0 Å². The maximum absolute atomic E-state index is 12.6. The highest BCUT2D eigenvalue weighted by Gasteiger charge is 2.38. The van der Waals surface area contributed by atoms with E-state index < -0.39 is 29.9 Å². The maximum Gasteiger partial charge on any atom is 0.337 e. The average molecular weight is 425 g/mol. The zero-order valence-electron chi connectivity index (χ0n) is 17.2. The van der Waals surface area contributed by atoms with Crippen LogP contribution >= 0.6 is 0 Å². The van der Waals surface area contributed by atoms with Crippen LogP contribution in [0.2, 0.25) is 0 Å². The summed E-state index contributed by atoms with van der Waals surface area (Å²) in [4.78, 5) is 49.6. The molecule has 1 aliphatic rings. The van der Waals surface area contributed by atoms with Crippen molar-refractivity contribution >= 4 is 29.5 Å². The first-order chi connectivity index (χ1) is 14.9. The Hall–Kier alpha value is -3.88. The van der Waals surface area contributed by atoms with E-state index in [1.165, 1.54) is 19.2 Å². The molecule has 0 aliphatic carbocycles. The molecular formula is C22H23N3O6. The summed E-state index contributed by atoms with van der Waals surface area (Å²) in [5.41, 5.74) is 1.77. The van der Waals surface area contributed by atoms with Gasteiger partial charge in [0, 0.05) is 12.2 Å². The van der Waals surface area contributed by atoms with Crippen molar-refractivity contribution in [2.75, 3.05) is 26.1 Å². The molecule has 0 radical (unpaired) electrons. The van der Waals surface area contributed by atoms with Gasteiger partial charge in [0.25, 0.3) is 5.91 Å². The number of imide groups is 1. The molecule has 162 valence electrons. The Morgan fingerprint density at radius 1 is 1.03 bits per heavy atom. The summed E-state index contributed by atoms with van der Waals surface area (Å²) >= 11 is 0. The van der Waals surface area contributed by atoms with E-state index in [2.05, 4.69) is 15.4 Å². The van der Waals surface area contributed by atoms with Crippen molar-refractivity contribution in [1.29, 1.82) is 0 Å². The fourth-order valence-electron chi connectivity index (χ4n) is 3.16. The number of hydrogen-bond acceptors (Lipinski definition) is 6. The number of urea groups is 1. The van der Waals surface area contributed by atoms with Crippen molar-refractivity contribution in [2.45, 2.75) is 18.9 Å². The van der Waals surface area contributed by atoms with Crippen LogP contribution in [-0.4, -0.2) is 55.5 Å². The smallest absolute Gasteiger partial charge is 0.337 e. The molecule has 31 heavy (non-hydrogen) atoms. The Morgan fingerprint density at radius 3 is 2.32 bits per heavy atom. The van der Waals surface area contributed by atoms with E-state index >= 15 is 0 Å². The highest BCUT2D eigenvalue weighted by Crippen LogP contribution is 2.16. The van der Waals surface area contributed by atoms with Crippen molar-refractivity contribution in [3.05, 3.63) is 59.7 Å². The van der Waals surface area contributed by atoms with Gasteiger partial charge < -0.3 is 20.1 Å². The second kappa shape index (κ2) is 9.75. The lowest BCUT2D eigenvalue weighted by molar-refractivity contribution is -0.129. The van der Waals surface area contributed by atoms with Gasteiger partial charge in [0.1, 0.15) is 11.8 Å². The number of amides is 4. The van der Waals surface area contributed by atoms with Gasteiger partial charge in [-0.3, -0.25) is 14.5 Å². The molecule has 0 bridgehead atoms. The second-order valence-electron chi connectivity index (χ2n) is 6.91. The van der Waals surface area contributed by atoms with Crippen LogP contribution in [0.4, 0.5) is 10.5 Å². The number of carbonyl (C=O) groups is 4. The summed E-state index contributed by atoms with van der Waals surface area (Å²) in [6.07, 6.45) is 0.303. The Morgan fingerprint density at radius 2 is 1.71 bits per heavy atom. The lowest BCUT2D eigenvalue weighted by Gasteiger charge is -2.13. The van der Waals surface area contributed by atoms with E-state index in [0.717, 1.165) is 16.2 Å². The molecule has 1 aliphatic heterocycles. The van der Waals surface area contributed by atoms with E-state index in [1.54, 1.807) is 19.2 Å². The van der Waals surface area contributed by atoms with Crippen LogP contribution in [0.1, 0.15) is 22.3 Å². The number of benzene rings is 2. The summed E-state index contributed by atoms with van der Waals surface area (Å²) < 4.78 is 9.73. The summed E-state index contributed by atoms with van der Waals surface area (Å²) in [5.74, 6) is -0.618. The van der Waals surface area contributed by atoms with Crippen molar-refractivity contribution < 1.29 is 28.7 Å². The van der Waals surface area contributed by atoms with Crippen LogP contribution in [0.3, 0.4) is 0 Å². The van der Waals surface area contributed by atoms with Crippen LogP contribution in [-0.2, 0) is 20.7 Å². The molecule has 2 aromatic rings. The molecule has 2 aromatic carbocycles. The summed E-state index contributed by atoms with van der Waals surface area (Å²) in [6.45, 7) is 0.212. The van der Waals surface area contributed by atoms with Crippen molar-refractivity contribution in [3.63, 3.8) is 0 Å². The van der Waals surface area contributed by atoms with Crippen LogP contribution in [0.25, 0.3) is 0 Å². The predicted molar refractivity (Wildman–Crippen MR) is 112 cm³/mol. The molecule has 3 rings (SSSR count). The van der Waals surface area contributed by atoms with Gasteiger partial charge in [-0.15, -0.1) is 0 Å². The number of carbonyl (C=O) groups excluding carboxylic acids is 4. The molecule has 9 heteroatoms. The number of nitrogens with zero attached hydrogens (tertiary/aromatic N) is 1. The third kappa shape index (κ3) is 5.39. The number of nitrogens with one attached hydrogen (secondary N) is 2. The van der Waals surface area contributed by atoms with E-state index in [9.17, 15) is 19.2 Å². The Kier molecular flexibility index (Phi) is 6.86. The van der Waals surface area contributed by atoms with Gasteiger partial charge in [-0.05, 0) is 48.4 Å². The lowest BCUT2D eigenvalue weighted by Crippen LogP contribution is -2.34. The van der Waals surface area contributed by atoms with Gasteiger partial charge in [0.2, 0.25) is 5.91 Å². The molecule has 0 aromatic heterocycles. The monoisotopic (exact) mass is 425 g/mol. The first kappa shape index (κ1) is 21.8. The normalized spacial score (nSPS) is 15.4. The van der Waals surface area contributed by atoms with E-state index in [-0.39, 0.29) is 13.0 Å². The molecule has 0 spiro atoms. The van der Waals surface area contributed by atoms with Crippen LogP contribution in [0.5, 0.6) is 5.75 Å². The third-order valence-electron chi connectivity index (χ3n) is 4.87. The fraction of sp³-hybridized carbons (Fsp3) is 0.273. The minimum Gasteiger partial charge on any atom is -0.497 e. The first-order valence-corrected chi connectivity index (χ1v) is 9.64. The second-order valence-corrected chi connectivity index (χ2v) is 6.91. The maximum atomic E-state index is 12.6. The minimum absolute atomic E-state index is 0.192. The number of methoxy groups -OCH3 is 2. The molecule has 1 atom stereocenters. The highest BCUT2D eigenvalue weighted by molar-refractivity contribution is 6.07. The topological polar surface area (TPSA) is 114 Å². The molecule has 4 amide bonds. The average Bonchev–Trinajstić information content (AvgIpc) is 3.04. The Balaban J connectivity index is 1.52. The van der Waals surface area contributed by atoms with Gasteiger partial charge in [-0.2, -0.15) is 0 Å². The van der Waals surface area contributed by atoms with Crippen LogP contribution in [0.15, 0.2) is 48.5 Å². The zero-order valence-corrected chi connectivity index (χ0v) is 17.2. The molecule has 0 saturated carbocycles. The number of hydrogen-bond donors (Lipinski definition) is 2. The number of esters is 1. The first-order valence-electron chi connectivity index (χ1n) is 9.64. The summed E-state index contributed by atoms with van der Waals surface area (Å²) in [6, 6.07) is 12.1. The molecule has 2 N–H and O–H groups in total. The standard InChI is InChI=1S/C22H23N3O6/c1-30-17-9-3-14(4-10-17)11-12-25-20(27)18(24-22(25)29)13-19(26)23-16-7-5-15(6-8-16)21(28)31-2/h3-10,18H,11-13H2,1-2H3,(H,23,26)(H,24,29)/t18-/m1/s1. The molecule has 1 fully saturated rings. The molecule has 0 unspecified atom stereocenters. The zero-order chi connectivity index (χ0) is 22.4. The number of rotatable bonds is 8. The van der Waals surface area contributed by atoms with Crippen LogP contribution in [0, 0.1) is 0 Å². The summed E-state index contributed by atoms with van der Waals surface area (Å²) in [5, 5.41) is 5.20. The van der Waals surface area contributed by atoms with Gasteiger partial charge in [0.05, 0.1) is 26.2 Å². The largest absolute Gasteiger partial charge is 0.497 e. The Bertz CT molecular complexity index is 972. The quantitative estimate of drug-likeness (QED) is 0.494. The lowest BCUT2D eigenvalue weighted by atomic mass is 10.1. The van der Waals surface area contributed by atoms with E-state index in [4.69, 9.17) is 4.74 Å². The van der Waals surface area contributed by atoms with Crippen molar-refractivity contribution in [3.8, 4) is 5.75 Å². The Labute approximate surface area is 179 Å². The third-order valence-corrected chi connectivity index (χ3v) is 4.87. The minimum atomic E-state index is -0.919. The molecule has 1 heterocycles. The van der Waals surface area contributed by atoms with Gasteiger partial charge in [-0.1, -0.05) is 12.1 Å². The molecule has 1 saturated heterocycles. The van der Waals surface area contributed by atoms with Gasteiger partial charge in [0.15, 0.2) is 0 Å². The van der Waals surface area contributed by atoms with Gasteiger partial charge >= 0.3 is 12.0 Å². The van der Waals surface area contributed by atoms with Gasteiger partial charge in [-0.25, -0.2) is 9.59 Å². The fourth-order valence-corrected chi connectivity index (χ4v) is 3.16. The van der Waals surface area contributed by atoms with E-state index in [0.29, 0.717) is 17.7 Å². The summed E-state index contributed by atoms with van der Waals surface area (Å²) in [7, 11) is 2.86. The SMILES string of the molecule is COC(=O)c1ccc(NC(=O)C[C@H]2NC(=O)N(CCc3ccc(OC)cc3)C2=O)cc1. The van der Waals surface area contributed by atoms with E-state index in [1.807, 2.05) is 24.3 Å². The predicted octanol–water partition coefficient (Wildman–Crippen LogP) is 1.97. The van der Waals surface area contributed by atoms with Crippen molar-refractivity contribution in [1.82, 2.24) is 10.2 Å². The molecular weight excluding hydrogens is 402 g/mol. The number of anilines is 1. The number of ether oxygens (including phenoxy) is 2. The molecule has 9 nitrogen and oxygen atoms in total. The highest BCUT2D eigenvalue weighted by atomic mass is 16.5.